The molecule has 5 heteroatoms. The van der Waals surface area contributed by atoms with E-state index in [0.717, 1.165) is 10.6 Å². The maximum absolute atomic E-state index is 12.9. The number of nitrogens with zero attached hydrogens (tertiary/aromatic N) is 2. The summed E-state index contributed by atoms with van der Waals surface area (Å²) in [6.07, 6.45) is 0. The molecule has 0 amide bonds. The molecule has 2 nitrogen and oxygen atoms in total. The molecule has 2 aromatic rings. The third-order valence-corrected chi connectivity index (χ3v) is 3.34. The van der Waals surface area contributed by atoms with Crippen LogP contribution in [0.4, 0.5) is 4.39 Å². The van der Waals surface area contributed by atoms with Gasteiger partial charge in [0.15, 0.2) is 0 Å². The van der Waals surface area contributed by atoms with Crippen LogP contribution in [0.25, 0.3) is 10.6 Å². The lowest BCUT2D eigenvalue weighted by Crippen LogP contribution is -1.81. The van der Waals surface area contributed by atoms with E-state index in [0.29, 0.717) is 5.01 Å². The SMILES string of the molecule is CC(Cl)c1nnc(-c2cccc(F)c2)s1. The summed E-state index contributed by atoms with van der Waals surface area (Å²) in [7, 11) is 0. The highest BCUT2D eigenvalue weighted by Gasteiger charge is 2.10. The van der Waals surface area contributed by atoms with E-state index < -0.39 is 0 Å². The molecule has 1 aromatic carbocycles. The zero-order valence-electron chi connectivity index (χ0n) is 7.95. The fourth-order valence-corrected chi connectivity index (χ4v) is 2.08. The molecule has 15 heavy (non-hydrogen) atoms. The highest BCUT2D eigenvalue weighted by molar-refractivity contribution is 7.15. The van der Waals surface area contributed by atoms with Gasteiger partial charge in [0.25, 0.3) is 0 Å². The third kappa shape index (κ3) is 2.33. The normalized spacial score (nSPS) is 12.7. The molecule has 0 aliphatic carbocycles. The van der Waals surface area contributed by atoms with Crippen molar-refractivity contribution in [1.29, 1.82) is 0 Å². The van der Waals surface area contributed by atoms with Gasteiger partial charge in [0.2, 0.25) is 0 Å². The Morgan fingerprint density at radius 1 is 1.40 bits per heavy atom. The molecule has 1 heterocycles. The van der Waals surface area contributed by atoms with Gasteiger partial charge < -0.3 is 0 Å². The number of hydrogen-bond acceptors (Lipinski definition) is 3. The van der Waals surface area contributed by atoms with Crippen LogP contribution in [0.2, 0.25) is 0 Å². The van der Waals surface area contributed by atoms with Crippen LogP contribution in [0.15, 0.2) is 24.3 Å². The fraction of sp³-hybridized carbons (Fsp3) is 0.200. The Bertz CT molecular complexity index is 470. The van der Waals surface area contributed by atoms with Crippen molar-refractivity contribution in [3.8, 4) is 10.6 Å². The summed E-state index contributed by atoms with van der Waals surface area (Å²) in [6, 6.07) is 6.28. The molecule has 0 bridgehead atoms. The molecule has 0 radical (unpaired) electrons. The minimum Gasteiger partial charge on any atom is -0.207 e. The lowest BCUT2D eigenvalue weighted by atomic mass is 10.2. The third-order valence-electron chi connectivity index (χ3n) is 1.85. The van der Waals surface area contributed by atoms with Crippen LogP contribution in [-0.2, 0) is 0 Å². The predicted octanol–water partition coefficient (Wildman–Crippen LogP) is 3.64. The largest absolute Gasteiger partial charge is 0.207 e. The predicted molar refractivity (Wildman–Crippen MR) is 59.6 cm³/mol. The smallest absolute Gasteiger partial charge is 0.147 e. The molecule has 1 atom stereocenters. The summed E-state index contributed by atoms with van der Waals surface area (Å²) in [5.74, 6) is -0.275. The second-order valence-electron chi connectivity index (χ2n) is 3.07. The van der Waals surface area contributed by atoms with E-state index in [1.54, 1.807) is 12.1 Å². The molecule has 0 saturated heterocycles. The molecule has 0 aliphatic rings. The van der Waals surface area contributed by atoms with Crippen LogP contribution < -0.4 is 0 Å². The first-order valence-corrected chi connectivity index (χ1v) is 5.65. The Morgan fingerprint density at radius 2 is 2.20 bits per heavy atom. The topological polar surface area (TPSA) is 25.8 Å². The van der Waals surface area contributed by atoms with Crippen LogP contribution in [0.1, 0.15) is 17.3 Å². The highest BCUT2D eigenvalue weighted by atomic mass is 35.5. The van der Waals surface area contributed by atoms with Gasteiger partial charge in [0.1, 0.15) is 15.8 Å². The number of alkyl halides is 1. The van der Waals surface area contributed by atoms with E-state index in [9.17, 15) is 4.39 Å². The quantitative estimate of drug-likeness (QED) is 0.752. The van der Waals surface area contributed by atoms with Crippen LogP contribution in [-0.4, -0.2) is 10.2 Å². The summed E-state index contributed by atoms with van der Waals surface area (Å²) in [4.78, 5) is 0. The second-order valence-corrected chi connectivity index (χ2v) is 4.74. The minimum atomic E-state index is -0.275. The van der Waals surface area contributed by atoms with Gasteiger partial charge in [-0.1, -0.05) is 23.5 Å². The number of halogens is 2. The van der Waals surface area contributed by atoms with Crippen molar-refractivity contribution < 1.29 is 4.39 Å². The number of benzene rings is 1. The van der Waals surface area contributed by atoms with Crippen molar-refractivity contribution in [2.75, 3.05) is 0 Å². The van der Waals surface area contributed by atoms with Crippen LogP contribution >= 0.6 is 22.9 Å². The highest BCUT2D eigenvalue weighted by Crippen LogP contribution is 2.29. The van der Waals surface area contributed by atoms with E-state index in [1.165, 1.54) is 23.5 Å². The van der Waals surface area contributed by atoms with Crippen LogP contribution in [0.3, 0.4) is 0 Å². The molecule has 0 N–H and O–H groups in total. The molecule has 1 unspecified atom stereocenters. The van der Waals surface area contributed by atoms with Gasteiger partial charge in [0, 0.05) is 5.56 Å². The Labute approximate surface area is 95.7 Å². The van der Waals surface area contributed by atoms with E-state index in [-0.39, 0.29) is 11.2 Å². The van der Waals surface area contributed by atoms with E-state index in [2.05, 4.69) is 10.2 Å². The van der Waals surface area contributed by atoms with Gasteiger partial charge >= 0.3 is 0 Å². The zero-order chi connectivity index (χ0) is 10.8. The van der Waals surface area contributed by atoms with Gasteiger partial charge in [0.05, 0.1) is 5.38 Å². The zero-order valence-corrected chi connectivity index (χ0v) is 9.52. The Hall–Kier alpha value is -1.00. The summed E-state index contributed by atoms with van der Waals surface area (Å²) < 4.78 is 12.9. The molecule has 0 saturated carbocycles. The van der Waals surface area contributed by atoms with Crippen LogP contribution in [0, 0.1) is 5.82 Å². The van der Waals surface area contributed by atoms with Crippen LogP contribution in [0.5, 0.6) is 0 Å². The van der Waals surface area contributed by atoms with Crippen molar-refractivity contribution in [3.05, 3.63) is 35.1 Å². The minimum absolute atomic E-state index is 0.162. The summed E-state index contributed by atoms with van der Waals surface area (Å²) in [6.45, 7) is 1.83. The average Bonchev–Trinajstić information content (AvgIpc) is 2.66. The fourth-order valence-electron chi connectivity index (χ4n) is 1.13. The number of aromatic nitrogens is 2. The van der Waals surface area contributed by atoms with E-state index in [1.807, 2.05) is 6.92 Å². The Kier molecular flexibility index (Phi) is 2.98. The van der Waals surface area contributed by atoms with Gasteiger partial charge in [-0.25, -0.2) is 4.39 Å². The van der Waals surface area contributed by atoms with E-state index in [4.69, 9.17) is 11.6 Å². The molecule has 0 spiro atoms. The molecule has 78 valence electrons. The van der Waals surface area contributed by atoms with Crippen molar-refractivity contribution in [2.24, 2.45) is 0 Å². The molecule has 0 aliphatic heterocycles. The molecule has 1 aromatic heterocycles. The first kappa shape index (κ1) is 10.5. The first-order chi connectivity index (χ1) is 7.16. The standard InChI is InChI=1S/C10H8ClFN2S/c1-6(11)9-13-14-10(15-9)7-3-2-4-8(12)5-7/h2-6H,1H3. The van der Waals surface area contributed by atoms with Crippen molar-refractivity contribution in [1.82, 2.24) is 10.2 Å². The maximum Gasteiger partial charge on any atom is 0.147 e. The van der Waals surface area contributed by atoms with Crippen molar-refractivity contribution in [3.63, 3.8) is 0 Å². The monoisotopic (exact) mass is 242 g/mol. The average molecular weight is 243 g/mol. The van der Waals surface area contributed by atoms with Crippen molar-refractivity contribution >= 4 is 22.9 Å². The molecular weight excluding hydrogens is 235 g/mol. The Morgan fingerprint density at radius 3 is 2.80 bits per heavy atom. The second kappa shape index (κ2) is 4.24. The maximum atomic E-state index is 12.9. The molecular formula is C10H8ClFN2S. The Balaban J connectivity index is 2.37. The molecule has 0 fully saturated rings. The van der Waals surface area contributed by atoms with Gasteiger partial charge in [-0.05, 0) is 19.1 Å². The van der Waals surface area contributed by atoms with Crippen molar-refractivity contribution in [2.45, 2.75) is 12.3 Å². The van der Waals surface area contributed by atoms with Gasteiger partial charge in [-0.2, -0.15) is 0 Å². The first-order valence-electron chi connectivity index (χ1n) is 4.40. The number of hydrogen-bond donors (Lipinski definition) is 0. The summed E-state index contributed by atoms with van der Waals surface area (Å²) in [5, 5.41) is 9.18. The van der Waals surface area contributed by atoms with E-state index >= 15 is 0 Å². The lowest BCUT2D eigenvalue weighted by molar-refractivity contribution is 0.628. The van der Waals surface area contributed by atoms with Gasteiger partial charge in [-0.3, -0.25) is 0 Å². The molecule has 2 rings (SSSR count). The summed E-state index contributed by atoms with van der Waals surface area (Å²) in [5.41, 5.74) is 0.732. The lowest BCUT2D eigenvalue weighted by Gasteiger charge is -1.94. The number of rotatable bonds is 2. The van der Waals surface area contributed by atoms with Gasteiger partial charge in [-0.15, -0.1) is 21.8 Å². The summed E-state index contributed by atoms with van der Waals surface area (Å²) >= 11 is 7.25.